The molecule has 0 N–H and O–H groups in total. The summed E-state index contributed by atoms with van der Waals surface area (Å²) in [6.45, 7) is 4.72. The number of aromatic nitrogens is 1. The van der Waals surface area contributed by atoms with Crippen molar-refractivity contribution in [1.29, 1.82) is 0 Å². The number of halogens is 1. The summed E-state index contributed by atoms with van der Waals surface area (Å²) in [5.41, 5.74) is 2.30. The van der Waals surface area contributed by atoms with Gasteiger partial charge in [-0.15, -0.1) is 0 Å². The summed E-state index contributed by atoms with van der Waals surface area (Å²) in [6.07, 6.45) is 0. The highest BCUT2D eigenvalue weighted by Gasteiger charge is 2.44. The van der Waals surface area contributed by atoms with E-state index in [1.165, 1.54) is 13.2 Å². The Kier molecular flexibility index (Phi) is 5.66. The number of carbonyl (C=O) groups excluding carboxylic acids is 2. The Morgan fingerprint density at radius 3 is 2.52 bits per heavy atom. The highest BCUT2D eigenvalue weighted by atomic mass is 35.5. The average molecular weight is 491 g/mol. The zero-order chi connectivity index (χ0) is 24.2. The van der Waals surface area contributed by atoms with Crippen LogP contribution in [0, 0.1) is 6.92 Å². The van der Waals surface area contributed by atoms with Gasteiger partial charge >= 0.3 is 5.97 Å². The predicted molar refractivity (Wildman–Crippen MR) is 123 cm³/mol. The van der Waals surface area contributed by atoms with Crippen LogP contribution in [-0.4, -0.2) is 43.0 Å². The largest absolute Gasteiger partial charge is 0.497 e. The molecule has 0 unspecified atom stereocenters. The zero-order valence-electron chi connectivity index (χ0n) is 18.8. The molecule has 2 aromatic carbocycles. The number of ether oxygens (including phenoxy) is 2. The smallest absolute Gasteiger partial charge is 0.357 e. The Bertz CT molecular complexity index is 1420. The second kappa shape index (κ2) is 8.07. The fourth-order valence-corrected chi connectivity index (χ4v) is 5.81. The molecule has 1 aliphatic rings. The molecule has 4 rings (SSSR count). The van der Waals surface area contributed by atoms with E-state index in [0.29, 0.717) is 26.2 Å². The van der Waals surface area contributed by atoms with Gasteiger partial charge < -0.3 is 14.0 Å². The first-order valence-electron chi connectivity index (χ1n) is 10.2. The quantitative estimate of drug-likeness (QED) is 0.497. The van der Waals surface area contributed by atoms with Gasteiger partial charge in [-0.2, -0.15) is 4.31 Å². The van der Waals surface area contributed by atoms with Crippen LogP contribution in [0.1, 0.15) is 51.7 Å². The Labute approximate surface area is 196 Å². The van der Waals surface area contributed by atoms with Crippen LogP contribution in [-0.2, 0) is 21.8 Å². The van der Waals surface area contributed by atoms with Gasteiger partial charge in [0, 0.05) is 29.0 Å². The molecule has 0 radical (unpaired) electrons. The lowest BCUT2D eigenvalue weighted by Gasteiger charge is -2.15. The molecule has 33 heavy (non-hydrogen) atoms. The molecular weight excluding hydrogens is 468 g/mol. The van der Waals surface area contributed by atoms with Gasteiger partial charge in [-0.25, -0.2) is 13.2 Å². The average Bonchev–Trinajstić information content (AvgIpc) is 3.12. The Morgan fingerprint density at radius 1 is 1.18 bits per heavy atom. The number of methoxy groups -OCH3 is 1. The van der Waals surface area contributed by atoms with E-state index in [9.17, 15) is 18.0 Å². The van der Waals surface area contributed by atoms with Crippen LogP contribution in [0.4, 0.5) is 0 Å². The maximum absolute atomic E-state index is 13.1. The van der Waals surface area contributed by atoms with Gasteiger partial charge in [0.1, 0.15) is 16.3 Å². The molecule has 0 saturated carbocycles. The van der Waals surface area contributed by atoms with Gasteiger partial charge in [-0.3, -0.25) is 4.79 Å². The van der Waals surface area contributed by atoms with Crippen molar-refractivity contribution in [3.05, 3.63) is 57.7 Å². The lowest BCUT2D eigenvalue weighted by molar-refractivity contribution is 0.0348. The van der Waals surface area contributed by atoms with Gasteiger partial charge in [0.25, 0.3) is 15.9 Å². The Balaban J connectivity index is 1.67. The number of rotatable bonds is 5. The molecule has 3 aromatic rings. The van der Waals surface area contributed by atoms with Gasteiger partial charge in [0.15, 0.2) is 6.73 Å². The highest BCUT2D eigenvalue weighted by molar-refractivity contribution is 7.90. The number of sulfonamides is 1. The van der Waals surface area contributed by atoms with Gasteiger partial charge in [-0.05, 0) is 48.2 Å². The number of carbonyl (C=O) groups is 2. The van der Waals surface area contributed by atoms with E-state index in [2.05, 4.69) is 0 Å². The molecule has 1 aromatic heterocycles. The third-order valence-corrected chi connectivity index (χ3v) is 7.86. The predicted octanol–water partition coefficient (Wildman–Crippen LogP) is 4.23. The number of hydrogen-bond acceptors (Lipinski definition) is 6. The van der Waals surface area contributed by atoms with Crippen molar-refractivity contribution >= 4 is 44.4 Å². The molecular formula is C23H23ClN2O6S. The third-order valence-electron chi connectivity index (χ3n) is 5.89. The minimum absolute atomic E-state index is 0.0808. The first kappa shape index (κ1) is 23.1. The maximum atomic E-state index is 13.1. The third kappa shape index (κ3) is 3.55. The number of hydrogen-bond donors (Lipinski definition) is 0. The van der Waals surface area contributed by atoms with E-state index in [4.69, 9.17) is 21.1 Å². The van der Waals surface area contributed by atoms with Crippen molar-refractivity contribution in [2.75, 3.05) is 13.8 Å². The van der Waals surface area contributed by atoms with Crippen molar-refractivity contribution < 1.29 is 27.5 Å². The normalized spacial score (nSPS) is 14.8. The SMILES string of the molecule is COc1cc(C(C)C)c2c(c1)S(=O)(=O)N(COC(=O)c1c(C)c3cc(Cl)ccc3n1C)C2=O. The molecule has 0 fully saturated rings. The summed E-state index contributed by atoms with van der Waals surface area (Å²) < 4.78 is 39.1. The zero-order valence-corrected chi connectivity index (χ0v) is 20.4. The second-order valence-corrected chi connectivity index (χ2v) is 10.4. The maximum Gasteiger partial charge on any atom is 0.357 e. The lowest BCUT2D eigenvalue weighted by Crippen LogP contribution is -2.34. The van der Waals surface area contributed by atoms with Crippen LogP contribution in [0.3, 0.4) is 0 Å². The summed E-state index contributed by atoms with van der Waals surface area (Å²) in [5.74, 6) is -1.27. The molecule has 10 heteroatoms. The molecule has 2 heterocycles. The lowest BCUT2D eigenvalue weighted by atomic mass is 9.96. The molecule has 0 bridgehead atoms. The molecule has 0 atom stereocenters. The Morgan fingerprint density at radius 2 is 1.88 bits per heavy atom. The van der Waals surface area contributed by atoms with Crippen LogP contribution in [0.25, 0.3) is 10.9 Å². The molecule has 174 valence electrons. The van der Waals surface area contributed by atoms with Crippen molar-refractivity contribution in [3.8, 4) is 5.75 Å². The minimum Gasteiger partial charge on any atom is -0.497 e. The van der Waals surface area contributed by atoms with E-state index in [0.717, 1.165) is 10.9 Å². The number of fused-ring (bicyclic) bond motifs is 2. The summed E-state index contributed by atoms with van der Waals surface area (Å²) in [4.78, 5) is 25.9. The van der Waals surface area contributed by atoms with Crippen LogP contribution >= 0.6 is 11.6 Å². The first-order valence-corrected chi connectivity index (χ1v) is 12.0. The topological polar surface area (TPSA) is 94.9 Å². The molecule has 1 aliphatic heterocycles. The summed E-state index contributed by atoms with van der Waals surface area (Å²) in [5, 5.41) is 1.31. The second-order valence-electron chi connectivity index (χ2n) is 8.16. The fourth-order valence-electron chi connectivity index (χ4n) is 4.17. The van der Waals surface area contributed by atoms with E-state index >= 15 is 0 Å². The van der Waals surface area contributed by atoms with Crippen molar-refractivity contribution in [1.82, 2.24) is 8.87 Å². The van der Waals surface area contributed by atoms with Gasteiger partial charge in [0.05, 0.1) is 12.7 Å². The van der Waals surface area contributed by atoms with E-state index in [-0.39, 0.29) is 22.1 Å². The van der Waals surface area contributed by atoms with Gasteiger partial charge in [-0.1, -0.05) is 25.4 Å². The summed E-state index contributed by atoms with van der Waals surface area (Å²) in [7, 11) is -1.08. The monoisotopic (exact) mass is 490 g/mol. The van der Waals surface area contributed by atoms with E-state index < -0.39 is 28.6 Å². The van der Waals surface area contributed by atoms with Crippen LogP contribution in [0.2, 0.25) is 5.02 Å². The molecule has 8 nitrogen and oxygen atoms in total. The molecule has 0 aliphatic carbocycles. The van der Waals surface area contributed by atoms with Crippen LogP contribution in [0.5, 0.6) is 5.75 Å². The minimum atomic E-state index is -4.21. The van der Waals surface area contributed by atoms with Gasteiger partial charge in [0.2, 0.25) is 0 Å². The first-order chi connectivity index (χ1) is 15.5. The van der Waals surface area contributed by atoms with E-state index in [1.54, 1.807) is 42.8 Å². The molecule has 0 saturated heterocycles. The number of benzene rings is 2. The van der Waals surface area contributed by atoms with Crippen molar-refractivity contribution in [2.45, 2.75) is 31.6 Å². The number of esters is 1. The van der Waals surface area contributed by atoms with E-state index in [1.807, 2.05) is 13.8 Å². The standard InChI is InChI=1S/C23H23ClN2O6S/c1-12(2)16-9-15(31-5)10-19-20(16)22(27)26(33(19,29)30)11-32-23(28)21-13(3)17-8-14(24)6-7-18(17)25(21)4/h6-10,12H,11H2,1-5H3. The van der Waals surface area contributed by atoms with Crippen LogP contribution < -0.4 is 4.74 Å². The molecule has 1 amide bonds. The fraction of sp³-hybridized carbons (Fsp3) is 0.304. The van der Waals surface area contributed by atoms with Crippen molar-refractivity contribution in [3.63, 3.8) is 0 Å². The number of nitrogens with zero attached hydrogens (tertiary/aromatic N) is 2. The number of aryl methyl sites for hydroxylation is 2. The summed E-state index contributed by atoms with van der Waals surface area (Å²) in [6, 6.07) is 8.21. The number of amides is 1. The van der Waals surface area contributed by atoms with Crippen LogP contribution in [0.15, 0.2) is 35.2 Å². The summed E-state index contributed by atoms with van der Waals surface area (Å²) >= 11 is 6.08. The molecule has 0 spiro atoms. The highest BCUT2D eigenvalue weighted by Crippen LogP contribution is 2.38. The van der Waals surface area contributed by atoms with Crippen molar-refractivity contribution in [2.24, 2.45) is 7.05 Å². The Hall–Kier alpha value is -3.04.